The van der Waals surface area contributed by atoms with Gasteiger partial charge >= 0.3 is 0 Å². The molecule has 7 nitrogen and oxygen atoms in total. The Morgan fingerprint density at radius 3 is 2.56 bits per heavy atom. The van der Waals surface area contributed by atoms with Crippen molar-refractivity contribution in [1.82, 2.24) is 19.4 Å². The Bertz CT molecular complexity index is 904. The fourth-order valence-electron chi connectivity index (χ4n) is 4.01. The molecule has 0 saturated carbocycles. The molecule has 1 aromatic carbocycles. The van der Waals surface area contributed by atoms with Gasteiger partial charge in [-0.3, -0.25) is 9.89 Å². The Morgan fingerprint density at radius 2 is 1.81 bits per heavy atom. The molecule has 0 aliphatic carbocycles. The summed E-state index contributed by atoms with van der Waals surface area (Å²) in [5.74, 6) is -0.0550. The van der Waals surface area contributed by atoms with Crippen LogP contribution in [-0.2, 0) is 10.0 Å². The number of amides is 1. The number of sulfonamides is 1. The Kier molecular flexibility index (Phi) is 5.01. The van der Waals surface area contributed by atoms with Gasteiger partial charge in [-0.2, -0.15) is 9.40 Å². The molecule has 1 N–H and O–H groups in total. The number of hydrogen-bond donors (Lipinski definition) is 1. The second kappa shape index (κ2) is 7.44. The lowest BCUT2D eigenvalue weighted by Crippen LogP contribution is -2.39. The Balaban J connectivity index is 1.56. The second-order valence-electron chi connectivity index (χ2n) is 7.21. The molecule has 0 spiro atoms. The van der Waals surface area contributed by atoms with Crippen LogP contribution in [0.4, 0.5) is 0 Å². The van der Waals surface area contributed by atoms with Crippen molar-refractivity contribution in [1.29, 1.82) is 0 Å². The summed E-state index contributed by atoms with van der Waals surface area (Å²) in [5, 5.41) is 7.07. The van der Waals surface area contributed by atoms with Crippen LogP contribution in [0.2, 0.25) is 0 Å². The van der Waals surface area contributed by atoms with Crippen LogP contribution in [0, 0.1) is 0 Å². The van der Waals surface area contributed by atoms with Gasteiger partial charge in [-0.05, 0) is 37.8 Å². The van der Waals surface area contributed by atoms with E-state index in [1.54, 1.807) is 36.5 Å². The molecule has 1 atom stereocenters. The highest BCUT2D eigenvalue weighted by Crippen LogP contribution is 2.31. The summed E-state index contributed by atoms with van der Waals surface area (Å²) in [6.45, 7) is 2.42. The Labute approximate surface area is 159 Å². The predicted molar refractivity (Wildman–Crippen MR) is 101 cm³/mol. The minimum Gasteiger partial charge on any atom is -0.339 e. The van der Waals surface area contributed by atoms with Crippen LogP contribution in [0.3, 0.4) is 0 Å². The third-order valence-electron chi connectivity index (χ3n) is 5.47. The fourth-order valence-corrected chi connectivity index (χ4v) is 5.55. The van der Waals surface area contributed by atoms with Crippen LogP contribution in [0.1, 0.15) is 47.7 Å². The predicted octanol–water partition coefficient (Wildman–Crippen LogP) is 2.21. The van der Waals surface area contributed by atoms with Crippen LogP contribution in [0.15, 0.2) is 41.4 Å². The van der Waals surface area contributed by atoms with E-state index < -0.39 is 10.0 Å². The number of rotatable bonds is 4. The summed E-state index contributed by atoms with van der Waals surface area (Å²) in [4.78, 5) is 15.0. The van der Waals surface area contributed by atoms with Gasteiger partial charge < -0.3 is 4.90 Å². The number of H-pyrrole nitrogens is 1. The van der Waals surface area contributed by atoms with Gasteiger partial charge in [0.15, 0.2) is 0 Å². The number of aromatic nitrogens is 2. The van der Waals surface area contributed by atoms with E-state index in [1.807, 2.05) is 4.90 Å². The number of likely N-dealkylation sites (tertiary alicyclic amines) is 1. The molecule has 0 radical (unpaired) electrons. The summed E-state index contributed by atoms with van der Waals surface area (Å²) in [5.41, 5.74) is 1.35. The highest BCUT2D eigenvalue weighted by atomic mass is 32.2. The van der Waals surface area contributed by atoms with Crippen LogP contribution in [0.5, 0.6) is 0 Å². The van der Waals surface area contributed by atoms with E-state index in [0.29, 0.717) is 23.5 Å². The second-order valence-corrected chi connectivity index (χ2v) is 9.15. The van der Waals surface area contributed by atoms with Gasteiger partial charge in [0, 0.05) is 32.1 Å². The first-order chi connectivity index (χ1) is 13.1. The van der Waals surface area contributed by atoms with Crippen molar-refractivity contribution in [2.24, 2.45) is 0 Å². The zero-order valence-electron chi connectivity index (χ0n) is 15.2. The molecule has 3 heterocycles. The van der Waals surface area contributed by atoms with Crippen molar-refractivity contribution in [2.75, 3.05) is 26.2 Å². The van der Waals surface area contributed by atoms with Gasteiger partial charge in [-0.15, -0.1) is 0 Å². The standard InChI is InChI=1S/C19H24N4O3S/c24-19(22-10-4-5-11-22)17-13-20-21-18(17)15-7-6-12-23(14-15)27(25,26)16-8-2-1-3-9-16/h1-3,8-9,13,15H,4-7,10-12,14H2,(H,20,21)/t15-/m1/s1. The average molecular weight is 388 g/mol. The minimum atomic E-state index is -3.53. The van der Waals surface area contributed by atoms with Crippen LogP contribution in [0.25, 0.3) is 0 Å². The lowest BCUT2D eigenvalue weighted by molar-refractivity contribution is 0.0791. The van der Waals surface area contributed by atoms with Gasteiger partial charge in [-0.25, -0.2) is 8.42 Å². The summed E-state index contributed by atoms with van der Waals surface area (Å²) >= 11 is 0. The number of hydrogen-bond acceptors (Lipinski definition) is 4. The summed E-state index contributed by atoms with van der Waals surface area (Å²) in [6.07, 6.45) is 5.24. The average Bonchev–Trinajstić information content (AvgIpc) is 3.40. The lowest BCUT2D eigenvalue weighted by atomic mass is 9.93. The third kappa shape index (κ3) is 3.51. The molecule has 0 unspecified atom stereocenters. The molecule has 8 heteroatoms. The number of piperidine rings is 1. The van der Waals surface area contributed by atoms with Crippen molar-refractivity contribution in [3.8, 4) is 0 Å². The summed E-state index contributed by atoms with van der Waals surface area (Å²) in [7, 11) is -3.53. The van der Waals surface area contributed by atoms with Crippen molar-refractivity contribution in [3.63, 3.8) is 0 Å². The molecule has 2 aromatic rings. The topological polar surface area (TPSA) is 86.4 Å². The van der Waals surface area contributed by atoms with Crippen LogP contribution < -0.4 is 0 Å². The molecule has 2 aliphatic heterocycles. The number of aromatic amines is 1. The first-order valence-electron chi connectivity index (χ1n) is 9.45. The number of nitrogens with zero attached hydrogens (tertiary/aromatic N) is 3. The van der Waals surface area contributed by atoms with E-state index in [2.05, 4.69) is 10.2 Å². The molecule has 144 valence electrons. The monoisotopic (exact) mass is 388 g/mol. The van der Waals surface area contributed by atoms with E-state index >= 15 is 0 Å². The SMILES string of the molecule is O=C(c1cn[nH]c1[C@@H]1CCCN(S(=O)(=O)c2ccccc2)C1)N1CCCC1. The molecule has 1 amide bonds. The molecule has 2 saturated heterocycles. The molecule has 4 rings (SSSR count). The summed E-state index contributed by atoms with van der Waals surface area (Å²) in [6, 6.07) is 8.51. The highest BCUT2D eigenvalue weighted by Gasteiger charge is 2.34. The Morgan fingerprint density at radius 1 is 1.07 bits per heavy atom. The lowest BCUT2D eigenvalue weighted by Gasteiger charge is -2.32. The van der Waals surface area contributed by atoms with E-state index in [-0.39, 0.29) is 11.8 Å². The number of benzene rings is 1. The number of carbonyl (C=O) groups is 1. The molecule has 2 aliphatic rings. The van der Waals surface area contributed by atoms with E-state index in [1.165, 1.54) is 4.31 Å². The zero-order chi connectivity index (χ0) is 18.9. The van der Waals surface area contributed by atoms with E-state index in [4.69, 9.17) is 0 Å². The molecule has 27 heavy (non-hydrogen) atoms. The smallest absolute Gasteiger partial charge is 0.257 e. The minimum absolute atomic E-state index is 0.000657. The third-order valence-corrected chi connectivity index (χ3v) is 7.35. The van der Waals surface area contributed by atoms with Gasteiger partial charge in [0.05, 0.1) is 22.3 Å². The summed E-state index contributed by atoms with van der Waals surface area (Å²) < 4.78 is 27.4. The van der Waals surface area contributed by atoms with Crippen molar-refractivity contribution < 1.29 is 13.2 Å². The zero-order valence-corrected chi connectivity index (χ0v) is 16.0. The highest BCUT2D eigenvalue weighted by molar-refractivity contribution is 7.89. The Hall–Kier alpha value is -2.19. The maximum atomic E-state index is 13.0. The molecular weight excluding hydrogens is 364 g/mol. The molecule has 0 bridgehead atoms. The maximum Gasteiger partial charge on any atom is 0.257 e. The van der Waals surface area contributed by atoms with Crippen molar-refractivity contribution in [3.05, 3.63) is 47.8 Å². The van der Waals surface area contributed by atoms with E-state index in [0.717, 1.165) is 44.5 Å². The van der Waals surface area contributed by atoms with Crippen molar-refractivity contribution in [2.45, 2.75) is 36.5 Å². The number of nitrogens with one attached hydrogen (secondary N) is 1. The quantitative estimate of drug-likeness (QED) is 0.870. The first kappa shape index (κ1) is 18.2. The number of carbonyl (C=O) groups excluding carboxylic acids is 1. The fraction of sp³-hybridized carbons (Fsp3) is 0.474. The maximum absolute atomic E-state index is 13.0. The van der Waals surface area contributed by atoms with Gasteiger partial charge in [0.2, 0.25) is 10.0 Å². The molecular formula is C19H24N4O3S. The molecule has 1 aromatic heterocycles. The van der Waals surface area contributed by atoms with Gasteiger partial charge in [0.1, 0.15) is 0 Å². The van der Waals surface area contributed by atoms with Crippen LogP contribution in [-0.4, -0.2) is 59.9 Å². The van der Waals surface area contributed by atoms with E-state index in [9.17, 15) is 13.2 Å². The van der Waals surface area contributed by atoms with Gasteiger partial charge in [0.25, 0.3) is 5.91 Å². The largest absolute Gasteiger partial charge is 0.339 e. The van der Waals surface area contributed by atoms with Crippen molar-refractivity contribution >= 4 is 15.9 Å². The first-order valence-corrected chi connectivity index (χ1v) is 10.9. The normalized spacial score (nSPS) is 21.5. The van der Waals surface area contributed by atoms with Gasteiger partial charge in [-0.1, -0.05) is 18.2 Å². The van der Waals surface area contributed by atoms with Crippen LogP contribution >= 0.6 is 0 Å². The molecule has 2 fully saturated rings.